The summed E-state index contributed by atoms with van der Waals surface area (Å²) in [7, 11) is 0. The molecule has 2 aromatic carbocycles. The average molecular weight is 378 g/mol. The molecular weight excluding hydrogens is 360 g/mol. The van der Waals surface area contributed by atoms with Crippen LogP contribution in [0, 0.1) is 11.3 Å². The molecule has 1 aromatic heterocycles. The van der Waals surface area contributed by atoms with Crippen molar-refractivity contribution in [2.45, 2.75) is 5.75 Å². The summed E-state index contributed by atoms with van der Waals surface area (Å²) in [5.74, 6) is 3.35. The maximum Gasteiger partial charge on any atom is 0.232 e. The summed E-state index contributed by atoms with van der Waals surface area (Å²) in [4.78, 5) is 12.7. The van der Waals surface area contributed by atoms with Gasteiger partial charge in [-0.05, 0) is 36.4 Å². The number of para-hydroxylation sites is 1. The number of nitrogens with zero attached hydrogens (tertiary/aromatic N) is 4. The van der Waals surface area contributed by atoms with Crippen molar-refractivity contribution in [1.82, 2.24) is 15.0 Å². The Bertz CT molecular complexity index is 912. The molecule has 0 radical (unpaired) electrons. The summed E-state index contributed by atoms with van der Waals surface area (Å²) in [6.45, 7) is 0.548. The Kier molecular flexibility index (Phi) is 6.44. The molecule has 0 bridgehead atoms. The lowest BCUT2D eigenvalue weighted by Gasteiger charge is -2.08. The first-order valence-electron chi connectivity index (χ1n) is 8.26. The third kappa shape index (κ3) is 5.87. The summed E-state index contributed by atoms with van der Waals surface area (Å²) in [6, 6.07) is 18.8. The van der Waals surface area contributed by atoms with E-state index in [1.165, 1.54) is 0 Å². The molecule has 0 fully saturated rings. The first-order valence-corrected chi connectivity index (χ1v) is 9.41. The lowest BCUT2D eigenvalue weighted by molar-refractivity contribution is 0.344. The highest BCUT2D eigenvalue weighted by Gasteiger charge is 2.05. The van der Waals surface area contributed by atoms with Crippen molar-refractivity contribution in [2.24, 2.45) is 0 Å². The topological polar surface area (TPSA) is 110 Å². The van der Waals surface area contributed by atoms with E-state index in [0.717, 1.165) is 17.2 Å². The standard InChI is InChI=1S/C19H18N6OS/c20-12-14-6-8-16(9-7-14)26-10-11-27-13-17-23-18(21)25-19(24-17)22-15-4-2-1-3-5-15/h1-9H,10-11,13H2,(H3,21,22,23,24,25). The van der Waals surface area contributed by atoms with Crippen LogP contribution in [0.5, 0.6) is 5.75 Å². The van der Waals surface area contributed by atoms with Crippen molar-refractivity contribution < 1.29 is 4.74 Å². The van der Waals surface area contributed by atoms with Gasteiger partial charge in [-0.3, -0.25) is 0 Å². The highest BCUT2D eigenvalue weighted by atomic mass is 32.2. The van der Waals surface area contributed by atoms with Crippen molar-refractivity contribution in [3.05, 3.63) is 66.0 Å². The van der Waals surface area contributed by atoms with Gasteiger partial charge in [0, 0.05) is 11.4 Å². The predicted molar refractivity (Wildman–Crippen MR) is 107 cm³/mol. The van der Waals surface area contributed by atoms with Crippen molar-refractivity contribution in [3.63, 3.8) is 0 Å². The van der Waals surface area contributed by atoms with Crippen molar-refractivity contribution in [3.8, 4) is 11.8 Å². The number of rotatable bonds is 8. The van der Waals surface area contributed by atoms with Crippen LogP contribution in [-0.2, 0) is 5.75 Å². The maximum absolute atomic E-state index is 8.78. The fraction of sp³-hybridized carbons (Fsp3) is 0.158. The Hall–Kier alpha value is -3.31. The van der Waals surface area contributed by atoms with E-state index < -0.39 is 0 Å². The van der Waals surface area contributed by atoms with Gasteiger partial charge in [0.05, 0.1) is 24.0 Å². The van der Waals surface area contributed by atoms with E-state index in [1.54, 1.807) is 36.0 Å². The number of ether oxygens (including phenoxy) is 1. The molecule has 0 saturated heterocycles. The van der Waals surface area contributed by atoms with Gasteiger partial charge in [0.15, 0.2) is 0 Å². The highest BCUT2D eigenvalue weighted by molar-refractivity contribution is 7.98. The number of anilines is 3. The normalized spacial score (nSPS) is 10.2. The maximum atomic E-state index is 8.78. The van der Waals surface area contributed by atoms with Gasteiger partial charge in [-0.15, -0.1) is 0 Å². The number of hydrogen-bond acceptors (Lipinski definition) is 8. The zero-order valence-electron chi connectivity index (χ0n) is 14.5. The summed E-state index contributed by atoms with van der Waals surface area (Å²) >= 11 is 1.64. The number of nitriles is 1. The molecule has 0 spiro atoms. The van der Waals surface area contributed by atoms with Gasteiger partial charge in [-0.1, -0.05) is 18.2 Å². The lowest BCUT2D eigenvalue weighted by atomic mass is 10.2. The Labute approximate surface area is 161 Å². The van der Waals surface area contributed by atoms with Crippen LogP contribution in [0.4, 0.5) is 17.6 Å². The monoisotopic (exact) mass is 378 g/mol. The number of benzene rings is 2. The van der Waals surface area contributed by atoms with Gasteiger partial charge in [0.1, 0.15) is 11.6 Å². The number of thioether (sulfide) groups is 1. The number of nitrogens with two attached hydrogens (primary N) is 1. The smallest absolute Gasteiger partial charge is 0.232 e. The van der Waals surface area contributed by atoms with E-state index in [0.29, 0.717) is 29.7 Å². The molecule has 0 aliphatic carbocycles. The van der Waals surface area contributed by atoms with Gasteiger partial charge >= 0.3 is 0 Å². The quantitative estimate of drug-likeness (QED) is 0.574. The minimum absolute atomic E-state index is 0.188. The van der Waals surface area contributed by atoms with Crippen LogP contribution < -0.4 is 15.8 Å². The second kappa shape index (κ2) is 9.40. The van der Waals surface area contributed by atoms with Gasteiger partial charge < -0.3 is 15.8 Å². The second-order valence-electron chi connectivity index (χ2n) is 5.46. The van der Waals surface area contributed by atoms with E-state index in [-0.39, 0.29) is 5.95 Å². The van der Waals surface area contributed by atoms with Gasteiger partial charge in [0.2, 0.25) is 11.9 Å². The predicted octanol–water partition coefficient (Wildman–Crippen LogP) is 3.38. The fourth-order valence-electron chi connectivity index (χ4n) is 2.22. The first kappa shape index (κ1) is 18.5. The summed E-state index contributed by atoms with van der Waals surface area (Å²) in [5, 5.41) is 11.9. The van der Waals surface area contributed by atoms with Crippen LogP contribution in [0.25, 0.3) is 0 Å². The molecule has 0 amide bonds. The number of hydrogen-bond donors (Lipinski definition) is 2. The minimum atomic E-state index is 0.188. The van der Waals surface area contributed by atoms with E-state index >= 15 is 0 Å². The molecule has 3 N–H and O–H groups in total. The Balaban J connectivity index is 1.47. The summed E-state index contributed by atoms with van der Waals surface area (Å²) in [5.41, 5.74) is 7.29. The molecule has 0 saturated carbocycles. The van der Waals surface area contributed by atoms with Crippen LogP contribution >= 0.6 is 11.8 Å². The van der Waals surface area contributed by atoms with E-state index in [2.05, 4.69) is 26.3 Å². The Morgan fingerprint density at radius 1 is 1.04 bits per heavy atom. The third-order valence-electron chi connectivity index (χ3n) is 3.44. The van der Waals surface area contributed by atoms with E-state index in [9.17, 15) is 0 Å². The molecule has 1 heterocycles. The highest BCUT2D eigenvalue weighted by Crippen LogP contribution is 2.16. The Morgan fingerprint density at radius 3 is 2.56 bits per heavy atom. The molecule has 0 unspecified atom stereocenters. The van der Waals surface area contributed by atoms with Crippen LogP contribution in [0.1, 0.15) is 11.4 Å². The van der Waals surface area contributed by atoms with Crippen LogP contribution in [0.15, 0.2) is 54.6 Å². The number of nitrogens with one attached hydrogen (secondary N) is 1. The number of aromatic nitrogens is 3. The first-order chi connectivity index (χ1) is 13.2. The molecular formula is C19H18N6OS. The molecule has 27 heavy (non-hydrogen) atoms. The molecule has 0 atom stereocenters. The van der Waals surface area contributed by atoms with Crippen LogP contribution in [-0.4, -0.2) is 27.3 Å². The Morgan fingerprint density at radius 2 is 1.81 bits per heavy atom. The van der Waals surface area contributed by atoms with Crippen LogP contribution in [0.2, 0.25) is 0 Å². The van der Waals surface area contributed by atoms with Crippen molar-refractivity contribution >= 4 is 29.3 Å². The van der Waals surface area contributed by atoms with Gasteiger partial charge in [0.25, 0.3) is 0 Å². The van der Waals surface area contributed by atoms with Crippen molar-refractivity contribution in [1.29, 1.82) is 5.26 Å². The third-order valence-corrected chi connectivity index (χ3v) is 4.36. The largest absolute Gasteiger partial charge is 0.493 e. The molecule has 0 aliphatic heterocycles. The minimum Gasteiger partial charge on any atom is -0.493 e. The lowest BCUT2D eigenvalue weighted by Crippen LogP contribution is -2.07. The van der Waals surface area contributed by atoms with Gasteiger partial charge in [-0.25, -0.2) is 0 Å². The second-order valence-corrected chi connectivity index (χ2v) is 6.57. The van der Waals surface area contributed by atoms with E-state index in [4.69, 9.17) is 15.7 Å². The molecule has 3 aromatic rings. The van der Waals surface area contributed by atoms with Gasteiger partial charge in [-0.2, -0.15) is 32.0 Å². The van der Waals surface area contributed by atoms with Crippen LogP contribution in [0.3, 0.4) is 0 Å². The molecule has 8 heteroatoms. The molecule has 3 rings (SSSR count). The zero-order valence-corrected chi connectivity index (χ0v) is 15.3. The number of nitrogen functional groups attached to an aromatic ring is 1. The molecule has 7 nitrogen and oxygen atoms in total. The summed E-state index contributed by atoms with van der Waals surface area (Å²) < 4.78 is 5.65. The molecule has 0 aliphatic rings. The zero-order chi connectivity index (χ0) is 18.9. The fourth-order valence-corrected chi connectivity index (χ4v) is 2.87. The molecule has 136 valence electrons. The van der Waals surface area contributed by atoms with Crippen molar-refractivity contribution in [2.75, 3.05) is 23.4 Å². The summed E-state index contributed by atoms with van der Waals surface area (Å²) in [6.07, 6.45) is 0. The SMILES string of the molecule is N#Cc1ccc(OCCSCc2nc(N)nc(Nc3ccccc3)n2)cc1. The average Bonchev–Trinajstić information content (AvgIpc) is 2.68. The van der Waals surface area contributed by atoms with E-state index in [1.807, 2.05) is 30.3 Å².